The Morgan fingerprint density at radius 3 is 2.53 bits per heavy atom. The van der Waals surface area contributed by atoms with E-state index in [0.717, 1.165) is 25.9 Å². The lowest BCUT2D eigenvalue weighted by atomic mass is 10.1. The highest BCUT2D eigenvalue weighted by atomic mass is 35.5. The van der Waals surface area contributed by atoms with Crippen molar-refractivity contribution in [2.24, 2.45) is 5.92 Å². The molecule has 2 aliphatic rings. The summed E-state index contributed by atoms with van der Waals surface area (Å²) in [7, 11) is -3.24. The van der Waals surface area contributed by atoms with Crippen LogP contribution in [0.1, 0.15) is 19.3 Å². The molecule has 0 amide bonds. The standard InChI is InChI=1S/C9H16ClNO3S/c10-7-15(12,13)11(9-1-2-9)5-8-3-4-14-6-8/h8-9H,1-7H2. The summed E-state index contributed by atoms with van der Waals surface area (Å²) in [6.45, 7) is 2.02. The molecular weight excluding hydrogens is 238 g/mol. The molecule has 0 aromatic rings. The van der Waals surface area contributed by atoms with Crippen LogP contribution in [0.5, 0.6) is 0 Å². The fraction of sp³-hybridized carbons (Fsp3) is 1.00. The van der Waals surface area contributed by atoms with Gasteiger partial charge in [0.05, 0.1) is 6.61 Å². The van der Waals surface area contributed by atoms with E-state index in [-0.39, 0.29) is 11.3 Å². The smallest absolute Gasteiger partial charge is 0.228 e. The Labute approximate surface area is 95.6 Å². The van der Waals surface area contributed by atoms with Crippen LogP contribution in [-0.2, 0) is 14.8 Å². The fourth-order valence-corrected chi connectivity index (χ4v) is 3.50. The van der Waals surface area contributed by atoms with E-state index < -0.39 is 10.0 Å². The summed E-state index contributed by atoms with van der Waals surface area (Å²) in [6.07, 6.45) is 2.91. The number of rotatable bonds is 5. The molecule has 6 heteroatoms. The average Bonchev–Trinajstić information content (AvgIpc) is 2.92. The largest absolute Gasteiger partial charge is 0.381 e. The summed E-state index contributed by atoms with van der Waals surface area (Å²) in [5.74, 6) is 0.351. The molecule has 0 bridgehead atoms. The quantitative estimate of drug-likeness (QED) is 0.687. The third kappa shape index (κ3) is 2.84. The van der Waals surface area contributed by atoms with Gasteiger partial charge in [-0.25, -0.2) is 8.42 Å². The molecule has 0 aromatic heterocycles. The van der Waals surface area contributed by atoms with Gasteiger partial charge in [0.2, 0.25) is 10.0 Å². The number of hydrogen-bond acceptors (Lipinski definition) is 3. The zero-order chi connectivity index (χ0) is 10.9. The Morgan fingerprint density at radius 2 is 2.07 bits per heavy atom. The first-order valence-electron chi connectivity index (χ1n) is 5.26. The van der Waals surface area contributed by atoms with E-state index in [2.05, 4.69) is 0 Å². The number of nitrogens with zero attached hydrogens (tertiary/aromatic N) is 1. The van der Waals surface area contributed by atoms with E-state index in [0.29, 0.717) is 19.1 Å². The van der Waals surface area contributed by atoms with Crippen molar-refractivity contribution in [1.82, 2.24) is 4.31 Å². The Bertz CT molecular complexity index is 309. The van der Waals surface area contributed by atoms with Gasteiger partial charge in [-0.15, -0.1) is 11.6 Å². The van der Waals surface area contributed by atoms with E-state index >= 15 is 0 Å². The lowest BCUT2D eigenvalue weighted by Crippen LogP contribution is -2.37. The van der Waals surface area contributed by atoms with Crippen LogP contribution < -0.4 is 0 Å². The van der Waals surface area contributed by atoms with E-state index in [1.54, 1.807) is 4.31 Å². The predicted octanol–water partition coefficient (Wildman–Crippen LogP) is 1.01. The molecule has 2 rings (SSSR count). The number of alkyl halides is 1. The molecule has 1 unspecified atom stereocenters. The minimum atomic E-state index is -3.24. The third-order valence-electron chi connectivity index (χ3n) is 2.91. The zero-order valence-corrected chi connectivity index (χ0v) is 10.1. The van der Waals surface area contributed by atoms with Crippen LogP contribution in [0.2, 0.25) is 0 Å². The molecule has 4 nitrogen and oxygen atoms in total. The molecule has 15 heavy (non-hydrogen) atoms. The van der Waals surface area contributed by atoms with Crippen LogP contribution in [0.3, 0.4) is 0 Å². The van der Waals surface area contributed by atoms with Crippen molar-refractivity contribution in [2.45, 2.75) is 25.3 Å². The van der Waals surface area contributed by atoms with Crippen molar-refractivity contribution in [3.63, 3.8) is 0 Å². The first kappa shape index (κ1) is 11.6. The minimum absolute atomic E-state index is 0.203. The highest BCUT2D eigenvalue weighted by Crippen LogP contribution is 2.31. The second-order valence-electron chi connectivity index (χ2n) is 4.25. The van der Waals surface area contributed by atoms with Crippen LogP contribution in [0.25, 0.3) is 0 Å². The summed E-state index contributed by atoms with van der Waals surface area (Å²) in [4.78, 5) is 0. The molecule has 2 fully saturated rings. The lowest BCUT2D eigenvalue weighted by molar-refractivity contribution is 0.180. The minimum Gasteiger partial charge on any atom is -0.381 e. The molecule has 88 valence electrons. The van der Waals surface area contributed by atoms with Crippen LogP contribution in [0.15, 0.2) is 0 Å². The number of hydrogen-bond donors (Lipinski definition) is 0. The highest BCUT2D eigenvalue weighted by Gasteiger charge is 2.38. The van der Waals surface area contributed by atoms with Gasteiger partial charge in [-0.3, -0.25) is 0 Å². The molecule has 0 spiro atoms. The molecule has 1 atom stereocenters. The van der Waals surface area contributed by atoms with Crippen molar-refractivity contribution < 1.29 is 13.2 Å². The van der Waals surface area contributed by atoms with Gasteiger partial charge in [0.25, 0.3) is 0 Å². The van der Waals surface area contributed by atoms with E-state index in [1.165, 1.54) is 0 Å². The summed E-state index contributed by atoms with van der Waals surface area (Å²) in [5.41, 5.74) is 0. The molecule has 0 radical (unpaired) electrons. The first-order chi connectivity index (χ1) is 7.13. The van der Waals surface area contributed by atoms with Gasteiger partial charge < -0.3 is 4.74 Å². The fourth-order valence-electron chi connectivity index (χ4n) is 1.90. The normalized spacial score (nSPS) is 27.5. The topological polar surface area (TPSA) is 46.6 Å². The van der Waals surface area contributed by atoms with Gasteiger partial charge in [0.1, 0.15) is 5.21 Å². The summed E-state index contributed by atoms with van der Waals surface area (Å²) < 4.78 is 30.3. The first-order valence-corrected chi connectivity index (χ1v) is 7.41. The van der Waals surface area contributed by atoms with Crippen LogP contribution in [-0.4, -0.2) is 43.7 Å². The summed E-state index contributed by atoms with van der Waals surface area (Å²) in [6, 6.07) is 0.203. The Kier molecular flexibility index (Phi) is 3.55. The Morgan fingerprint density at radius 1 is 1.33 bits per heavy atom. The molecule has 0 aromatic carbocycles. The van der Waals surface area contributed by atoms with E-state index in [4.69, 9.17) is 16.3 Å². The van der Waals surface area contributed by atoms with Crippen LogP contribution >= 0.6 is 11.6 Å². The van der Waals surface area contributed by atoms with Crippen molar-refractivity contribution in [3.05, 3.63) is 0 Å². The molecular formula is C9H16ClNO3S. The number of halogens is 1. The number of ether oxygens (including phenoxy) is 1. The van der Waals surface area contributed by atoms with Gasteiger partial charge in [0.15, 0.2) is 0 Å². The Balaban J connectivity index is 1.99. The van der Waals surface area contributed by atoms with Crippen molar-refractivity contribution in [1.29, 1.82) is 0 Å². The average molecular weight is 254 g/mol. The van der Waals surface area contributed by atoms with E-state index in [1.807, 2.05) is 0 Å². The maximum absolute atomic E-state index is 11.7. The SMILES string of the molecule is O=S(=O)(CCl)N(CC1CCOC1)C1CC1. The number of sulfonamides is 1. The van der Waals surface area contributed by atoms with E-state index in [9.17, 15) is 8.42 Å². The molecule has 1 aliphatic carbocycles. The third-order valence-corrected chi connectivity index (χ3v) is 5.18. The summed E-state index contributed by atoms with van der Waals surface area (Å²) >= 11 is 5.48. The van der Waals surface area contributed by atoms with Gasteiger partial charge in [-0.1, -0.05) is 0 Å². The second kappa shape index (κ2) is 4.57. The summed E-state index contributed by atoms with van der Waals surface area (Å²) in [5, 5.41) is -0.308. The van der Waals surface area contributed by atoms with Crippen LogP contribution in [0, 0.1) is 5.92 Å². The molecule has 0 N–H and O–H groups in total. The predicted molar refractivity (Wildman–Crippen MR) is 58.3 cm³/mol. The highest BCUT2D eigenvalue weighted by molar-refractivity contribution is 7.90. The van der Waals surface area contributed by atoms with Gasteiger partial charge in [-0.2, -0.15) is 4.31 Å². The molecule has 1 saturated carbocycles. The molecule has 1 heterocycles. The van der Waals surface area contributed by atoms with Gasteiger partial charge in [0, 0.05) is 19.2 Å². The maximum Gasteiger partial charge on any atom is 0.228 e. The molecule has 1 saturated heterocycles. The molecule has 1 aliphatic heterocycles. The van der Waals surface area contributed by atoms with Crippen molar-refractivity contribution in [3.8, 4) is 0 Å². The van der Waals surface area contributed by atoms with Crippen molar-refractivity contribution >= 4 is 21.6 Å². The zero-order valence-electron chi connectivity index (χ0n) is 8.56. The van der Waals surface area contributed by atoms with Gasteiger partial charge in [-0.05, 0) is 25.2 Å². The van der Waals surface area contributed by atoms with Crippen LogP contribution in [0.4, 0.5) is 0 Å². The Hall–Kier alpha value is 0.160. The van der Waals surface area contributed by atoms with Crippen molar-refractivity contribution in [2.75, 3.05) is 25.0 Å². The van der Waals surface area contributed by atoms with Gasteiger partial charge >= 0.3 is 0 Å². The second-order valence-corrected chi connectivity index (χ2v) is 6.76. The lowest BCUT2D eigenvalue weighted by Gasteiger charge is -2.23. The maximum atomic E-state index is 11.7. The monoisotopic (exact) mass is 253 g/mol.